The molecule has 3 heterocycles. The van der Waals surface area contributed by atoms with Gasteiger partial charge in [-0.1, -0.05) is 25.3 Å². The third-order valence-electron chi connectivity index (χ3n) is 6.50. The summed E-state index contributed by atoms with van der Waals surface area (Å²) in [6.07, 6.45) is 3.71. The normalized spacial score (nSPS) is 13.7. The second-order valence-corrected chi connectivity index (χ2v) is 10.4. The molecule has 5 N–H and O–H groups in total. The third kappa shape index (κ3) is 7.31. The van der Waals surface area contributed by atoms with Gasteiger partial charge in [0.15, 0.2) is 5.69 Å². The molecule has 42 heavy (non-hydrogen) atoms. The average molecular weight is 604 g/mol. The van der Waals surface area contributed by atoms with E-state index in [1.165, 1.54) is 37.6 Å². The van der Waals surface area contributed by atoms with Gasteiger partial charge in [-0.25, -0.2) is 19.6 Å². The number of hydrogen-bond donors (Lipinski definition) is 5. The molecule has 0 bridgehead atoms. The van der Waals surface area contributed by atoms with E-state index in [1.807, 2.05) is 0 Å². The molecule has 4 aromatic rings. The van der Waals surface area contributed by atoms with E-state index < -0.39 is 34.9 Å². The lowest BCUT2D eigenvalue weighted by molar-refractivity contribution is -0.140. The quantitative estimate of drug-likeness (QED) is 0.191. The maximum atomic E-state index is 13.2. The fourth-order valence-corrected chi connectivity index (χ4v) is 5.26. The number of thiazole rings is 1. The van der Waals surface area contributed by atoms with Crippen LogP contribution in [0.25, 0.3) is 32.6 Å². The van der Waals surface area contributed by atoms with Gasteiger partial charge in [-0.3, -0.25) is 10.1 Å². The number of aliphatic hydroxyl groups excluding tert-OH is 1. The summed E-state index contributed by atoms with van der Waals surface area (Å²) < 4.78 is 39.5. The molecule has 0 atom stereocenters. The first-order valence-corrected chi connectivity index (χ1v) is 14.0. The molecule has 2 amide bonds. The summed E-state index contributed by atoms with van der Waals surface area (Å²) in [5.74, 6) is -1.32. The number of benzene rings is 1. The predicted octanol–water partition coefficient (Wildman–Crippen LogP) is 5.88. The number of nitrogens with one attached hydrogen (secondary N) is 3. The number of alkyl halides is 3. The molecule has 0 radical (unpaired) electrons. The highest BCUT2D eigenvalue weighted by Crippen LogP contribution is 2.38. The smallest absolute Gasteiger partial charge is 0.434 e. The topological polar surface area (TPSA) is 157 Å². The Kier molecular flexibility index (Phi) is 9.58. The zero-order valence-electron chi connectivity index (χ0n) is 22.4. The number of urea groups is 1. The number of anilines is 1. The predicted molar refractivity (Wildman–Crippen MR) is 153 cm³/mol. The molecule has 1 fully saturated rings. The minimum absolute atomic E-state index is 0.0157. The second kappa shape index (κ2) is 13.1. The summed E-state index contributed by atoms with van der Waals surface area (Å²) in [5.41, 5.74) is -0.911. The van der Waals surface area contributed by atoms with Crippen molar-refractivity contribution in [2.24, 2.45) is 0 Å². The van der Waals surface area contributed by atoms with Gasteiger partial charge in [0.05, 0.1) is 6.10 Å². The van der Waals surface area contributed by atoms with Gasteiger partial charge in [-0.15, -0.1) is 11.3 Å². The van der Waals surface area contributed by atoms with Crippen LogP contribution in [0.4, 0.5) is 23.8 Å². The van der Waals surface area contributed by atoms with E-state index in [1.54, 1.807) is 19.1 Å². The Morgan fingerprint density at radius 3 is 2.48 bits per heavy atom. The number of pyridine rings is 2. The molecule has 1 saturated carbocycles. The lowest BCUT2D eigenvalue weighted by atomic mass is 9.98. The van der Waals surface area contributed by atoms with Crippen LogP contribution < -0.4 is 16.1 Å². The molecule has 14 heteroatoms. The van der Waals surface area contributed by atoms with E-state index in [9.17, 15) is 32.7 Å². The van der Waals surface area contributed by atoms with Crippen LogP contribution >= 0.6 is 11.3 Å². The number of carboxylic acid groups (broad SMARTS) is 1. The molecular weight excluding hydrogens is 575 g/mol. The van der Waals surface area contributed by atoms with E-state index in [0.717, 1.165) is 35.8 Å². The number of aromatic carboxylic acids is 1. The van der Waals surface area contributed by atoms with E-state index in [0.29, 0.717) is 23.2 Å². The van der Waals surface area contributed by atoms with Gasteiger partial charge in [0, 0.05) is 46.3 Å². The summed E-state index contributed by atoms with van der Waals surface area (Å²) in [7, 11) is 0. The highest BCUT2D eigenvalue weighted by atomic mass is 32.1. The molecule has 1 aliphatic carbocycles. The van der Waals surface area contributed by atoms with Crippen LogP contribution in [0.1, 0.15) is 55.1 Å². The SMILES string of the molecule is CCNC(=O)Nc1cc(-c2nc(C(F)(F)F)cs2)c(-c2ccc3[nH]cc(C(=O)O)c(=O)c3c2)cn1.OC1CCCCC1. The monoisotopic (exact) mass is 603 g/mol. The summed E-state index contributed by atoms with van der Waals surface area (Å²) >= 11 is 0.756. The number of carbonyl (C=O) groups is 2. The van der Waals surface area contributed by atoms with Crippen molar-refractivity contribution in [3.8, 4) is 21.7 Å². The molecule has 3 aromatic heterocycles. The van der Waals surface area contributed by atoms with Crippen LogP contribution in [0.5, 0.6) is 0 Å². The molecule has 222 valence electrons. The van der Waals surface area contributed by atoms with Crippen molar-refractivity contribution in [1.82, 2.24) is 20.3 Å². The van der Waals surface area contributed by atoms with Crippen molar-refractivity contribution in [2.75, 3.05) is 11.9 Å². The van der Waals surface area contributed by atoms with Crippen molar-refractivity contribution < 1.29 is 33.0 Å². The van der Waals surface area contributed by atoms with Gasteiger partial charge < -0.3 is 20.5 Å². The number of carboxylic acids is 1. The van der Waals surface area contributed by atoms with Crippen molar-refractivity contribution >= 4 is 40.1 Å². The Hall–Kier alpha value is -4.30. The number of rotatable bonds is 5. The first kappa shape index (κ1) is 30.7. The van der Waals surface area contributed by atoms with E-state index in [-0.39, 0.29) is 27.9 Å². The van der Waals surface area contributed by atoms with E-state index >= 15 is 0 Å². The maximum absolute atomic E-state index is 13.2. The summed E-state index contributed by atoms with van der Waals surface area (Å²) in [6, 6.07) is 5.41. The van der Waals surface area contributed by atoms with Gasteiger partial charge in [-0.2, -0.15) is 13.2 Å². The van der Waals surface area contributed by atoms with Crippen molar-refractivity contribution in [3.05, 3.63) is 63.5 Å². The number of H-pyrrole nitrogens is 1. The van der Waals surface area contributed by atoms with Crippen LogP contribution in [0.2, 0.25) is 0 Å². The summed E-state index contributed by atoms with van der Waals surface area (Å²) in [6.45, 7) is 2.06. The van der Waals surface area contributed by atoms with Gasteiger partial charge in [0.1, 0.15) is 16.4 Å². The third-order valence-corrected chi connectivity index (χ3v) is 7.38. The van der Waals surface area contributed by atoms with Gasteiger partial charge in [0.2, 0.25) is 5.43 Å². The lowest BCUT2D eigenvalue weighted by Crippen LogP contribution is -2.28. The first-order chi connectivity index (χ1) is 20.0. The fraction of sp³-hybridized carbons (Fsp3) is 0.321. The fourth-order valence-electron chi connectivity index (χ4n) is 4.41. The number of aromatic nitrogens is 3. The van der Waals surface area contributed by atoms with Crippen LogP contribution in [0.3, 0.4) is 0 Å². The van der Waals surface area contributed by atoms with E-state index in [2.05, 4.69) is 25.6 Å². The van der Waals surface area contributed by atoms with Crippen molar-refractivity contribution in [3.63, 3.8) is 0 Å². The van der Waals surface area contributed by atoms with Gasteiger partial charge in [0.25, 0.3) is 0 Å². The highest BCUT2D eigenvalue weighted by Gasteiger charge is 2.34. The molecular formula is C28H28F3N5O5S. The number of amides is 2. The molecule has 0 spiro atoms. The zero-order valence-corrected chi connectivity index (χ0v) is 23.2. The Morgan fingerprint density at radius 1 is 1.14 bits per heavy atom. The zero-order chi connectivity index (χ0) is 30.4. The minimum atomic E-state index is -4.65. The Balaban J connectivity index is 0.000000507. The van der Waals surface area contributed by atoms with Crippen LogP contribution in [0, 0.1) is 0 Å². The maximum Gasteiger partial charge on any atom is 0.434 e. The molecule has 0 aliphatic heterocycles. The second-order valence-electron chi connectivity index (χ2n) is 9.52. The van der Waals surface area contributed by atoms with Gasteiger partial charge in [-0.05, 0) is 43.5 Å². The lowest BCUT2D eigenvalue weighted by Gasteiger charge is -2.14. The van der Waals surface area contributed by atoms with Crippen molar-refractivity contribution in [1.29, 1.82) is 0 Å². The highest BCUT2D eigenvalue weighted by molar-refractivity contribution is 7.13. The molecule has 10 nitrogen and oxygen atoms in total. The number of fused-ring (bicyclic) bond motifs is 1. The van der Waals surface area contributed by atoms with E-state index in [4.69, 9.17) is 5.11 Å². The number of hydrogen-bond acceptors (Lipinski definition) is 7. The van der Waals surface area contributed by atoms with Crippen LogP contribution in [-0.4, -0.2) is 49.8 Å². The standard InChI is InChI=1S/C22H16F3N5O4S.C6H12O/c1-2-26-21(34)30-17-6-11(19-29-16(9-35-19)22(23,24)25)13(7-28-17)10-3-4-15-12(5-10)18(31)14(8-27-15)20(32)33;7-6-4-2-1-3-5-6/h3-9H,2H2,1H3,(H,27,31)(H,32,33)(H2,26,28,30,34);6-7H,1-5H2. The number of aromatic amines is 1. The number of halogens is 3. The number of nitrogens with zero attached hydrogens (tertiary/aromatic N) is 2. The first-order valence-electron chi connectivity index (χ1n) is 13.1. The van der Waals surface area contributed by atoms with Crippen LogP contribution in [-0.2, 0) is 6.18 Å². The molecule has 0 unspecified atom stereocenters. The number of carbonyl (C=O) groups excluding carboxylic acids is 1. The Morgan fingerprint density at radius 2 is 1.88 bits per heavy atom. The summed E-state index contributed by atoms with van der Waals surface area (Å²) in [4.78, 5) is 46.5. The molecule has 1 aliphatic rings. The van der Waals surface area contributed by atoms with Gasteiger partial charge >= 0.3 is 18.2 Å². The Labute approximate surface area is 241 Å². The molecule has 5 rings (SSSR count). The average Bonchev–Trinajstić information content (AvgIpc) is 3.45. The molecule has 0 saturated heterocycles. The largest absolute Gasteiger partial charge is 0.477 e. The summed E-state index contributed by atoms with van der Waals surface area (Å²) in [5, 5.41) is 24.1. The van der Waals surface area contributed by atoms with Crippen LogP contribution in [0.15, 0.2) is 46.8 Å². The Bertz CT molecular complexity index is 1650. The number of aliphatic hydroxyl groups is 1. The minimum Gasteiger partial charge on any atom is -0.477 e. The van der Waals surface area contributed by atoms with Crippen molar-refractivity contribution in [2.45, 2.75) is 51.3 Å². The molecule has 1 aromatic carbocycles.